The van der Waals surface area contributed by atoms with Crippen LogP contribution in [0.1, 0.15) is 145 Å². The molecule has 164 valence electrons. The summed E-state index contributed by atoms with van der Waals surface area (Å²) in [6.07, 6.45) is 28.3. The molecule has 0 atom stereocenters. The Balaban J connectivity index is 1.54. The summed E-state index contributed by atoms with van der Waals surface area (Å²) in [5.41, 5.74) is 4.92. The minimum Gasteiger partial charge on any atom is -0.344 e. The smallest absolute Gasteiger partial charge is 0.0486 e. The Hall–Kier alpha value is -1.24. The van der Waals surface area contributed by atoms with E-state index in [1.165, 1.54) is 116 Å². The summed E-state index contributed by atoms with van der Waals surface area (Å²) in [5, 5.41) is 1.63. The molecule has 0 N–H and O–H groups in total. The zero-order valence-electron chi connectivity index (χ0n) is 19.2. The van der Waals surface area contributed by atoms with Crippen LogP contribution in [0.5, 0.6) is 0 Å². The monoisotopic (exact) mass is 405 g/mol. The van der Waals surface area contributed by atoms with Crippen molar-refractivity contribution in [2.75, 3.05) is 0 Å². The van der Waals surface area contributed by atoms with E-state index in [0.29, 0.717) is 0 Å². The number of aromatic nitrogens is 1. The molecular weight excluding hydrogens is 362 g/mol. The molecule has 0 unspecified atom stereocenters. The molecular formula is C29H43N. The Morgan fingerprint density at radius 1 is 0.567 bits per heavy atom. The van der Waals surface area contributed by atoms with E-state index < -0.39 is 0 Å². The zero-order chi connectivity index (χ0) is 20.2. The lowest BCUT2D eigenvalue weighted by atomic mass is 9.88. The van der Waals surface area contributed by atoms with E-state index in [0.717, 1.165) is 17.9 Å². The molecule has 1 aromatic carbocycles. The molecule has 2 aromatic rings. The molecule has 30 heavy (non-hydrogen) atoms. The molecule has 0 bridgehead atoms. The van der Waals surface area contributed by atoms with Crippen LogP contribution >= 0.6 is 0 Å². The summed E-state index contributed by atoms with van der Waals surface area (Å²) in [5.74, 6) is 1.60. The van der Waals surface area contributed by atoms with E-state index in [9.17, 15) is 0 Å². The summed E-state index contributed by atoms with van der Waals surface area (Å²) in [4.78, 5) is 0. The van der Waals surface area contributed by atoms with Gasteiger partial charge in [0.15, 0.2) is 0 Å². The molecule has 3 fully saturated rings. The molecule has 0 amide bonds. The average molecular weight is 406 g/mol. The third-order valence-electron chi connectivity index (χ3n) is 8.73. The predicted molar refractivity (Wildman–Crippen MR) is 130 cm³/mol. The Morgan fingerprint density at radius 3 is 1.70 bits per heavy atom. The van der Waals surface area contributed by atoms with Crippen molar-refractivity contribution < 1.29 is 0 Å². The van der Waals surface area contributed by atoms with Crippen LogP contribution in [0.4, 0.5) is 0 Å². The fourth-order valence-corrected chi connectivity index (χ4v) is 6.92. The van der Waals surface area contributed by atoms with Crippen molar-refractivity contribution in [2.45, 2.75) is 133 Å². The topological polar surface area (TPSA) is 4.93 Å². The highest BCUT2D eigenvalue weighted by atomic mass is 15.0. The maximum absolute atomic E-state index is 2.75. The van der Waals surface area contributed by atoms with Crippen LogP contribution in [-0.4, -0.2) is 4.57 Å². The Labute approximate surface area is 184 Å². The molecule has 3 saturated carbocycles. The number of rotatable bonds is 3. The van der Waals surface area contributed by atoms with Crippen molar-refractivity contribution in [1.29, 1.82) is 0 Å². The first-order valence-corrected chi connectivity index (χ1v) is 13.5. The number of fused-ring (bicyclic) bond motifs is 1. The second kappa shape index (κ2) is 9.92. The highest BCUT2D eigenvalue weighted by Crippen LogP contribution is 2.41. The lowest BCUT2D eigenvalue weighted by Crippen LogP contribution is -2.07. The van der Waals surface area contributed by atoms with E-state index in [1.54, 1.807) is 22.0 Å². The molecule has 1 heterocycles. The summed E-state index contributed by atoms with van der Waals surface area (Å²) < 4.78 is 2.75. The van der Waals surface area contributed by atoms with Gasteiger partial charge in [-0.25, -0.2) is 0 Å². The molecule has 1 aromatic heterocycles. The molecule has 3 aliphatic carbocycles. The quantitative estimate of drug-likeness (QED) is 0.448. The van der Waals surface area contributed by atoms with Gasteiger partial charge in [0.2, 0.25) is 0 Å². The lowest BCUT2D eigenvalue weighted by molar-refractivity contribution is 0.454. The highest BCUT2D eigenvalue weighted by molar-refractivity contribution is 5.85. The molecule has 1 heteroatoms. The van der Waals surface area contributed by atoms with Crippen LogP contribution in [0.15, 0.2) is 24.4 Å². The van der Waals surface area contributed by atoms with Crippen molar-refractivity contribution in [3.05, 3.63) is 35.5 Å². The molecule has 0 radical (unpaired) electrons. The van der Waals surface area contributed by atoms with E-state index in [-0.39, 0.29) is 0 Å². The van der Waals surface area contributed by atoms with Gasteiger partial charge in [0.05, 0.1) is 0 Å². The first-order chi connectivity index (χ1) is 14.9. The number of benzene rings is 1. The van der Waals surface area contributed by atoms with Gasteiger partial charge in [-0.15, -0.1) is 0 Å². The minimum absolute atomic E-state index is 0.734. The fraction of sp³-hybridized carbons (Fsp3) is 0.724. The third kappa shape index (κ3) is 4.51. The van der Waals surface area contributed by atoms with E-state index in [4.69, 9.17) is 0 Å². The van der Waals surface area contributed by atoms with Gasteiger partial charge >= 0.3 is 0 Å². The van der Waals surface area contributed by atoms with Crippen LogP contribution in [0.25, 0.3) is 10.9 Å². The van der Waals surface area contributed by atoms with Gasteiger partial charge in [0.25, 0.3) is 0 Å². The van der Waals surface area contributed by atoms with Crippen molar-refractivity contribution >= 4 is 10.9 Å². The zero-order valence-corrected chi connectivity index (χ0v) is 19.2. The van der Waals surface area contributed by atoms with Crippen molar-refractivity contribution in [2.24, 2.45) is 0 Å². The summed E-state index contributed by atoms with van der Waals surface area (Å²) in [7, 11) is 0. The number of hydrogen-bond acceptors (Lipinski definition) is 0. The Bertz CT molecular complexity index is 791. The average Bonchev–Trinajstić information content (AvgIpc) is 3.14. The highest BCUT2D eigenvalue weighted by Gasteiger charge is 2.24. The predicted octanol–water partition coefficient (Wildman–Crippen LogP) is 9.41. The molecule has 1 nitrogen and oxygen atoms in total. The van der Waals surface area contributed by atoms with Crippen molar-refractivity contribution in [1.82, 2.24) is 4.57 Å². The van der Waals surface area contributed by atoms with Crippen LogP contribution < -0.4 is 0 Å². The van der Waals surface area contributed by atoms with Gasteiger partial charge in [-0.2, -0.15) is 0 Å². The maximum atomic E-state index is 2.75. The standard InChI is InChI=1S/C29H43N/c1-2-8-14-23(13-7-1)25-19-20-29-27(21-25)28(24-15-9-3-4-10-16-24)22-30(29)26-17-11-5-6-12-18-26/h19-24,26H,1-18H2. The van der Waals surface area contributed by atoms with Gasteiger partial charge in [-0.3, -0.25) is 0 Å². The normalized spacial score (nSPS) is 23.9. The molecule has 5 rings (SSSR count). The molecule has 0 saturated heterocycles. The molecule has 0 aliphatic heterocycles. The second-order valence-electron chi connectivity index (χ2n) is 10.8. The maximum Gasteiger partial charge on any atom is 0.0486 e. The van der Waals surface area contributed by atoms with E-state index in [1.807, 2.05) is 0 Å². The van der Waals surface area contributed by atoms with Crippen LogP contribution in [-0.2, 0) is 0 Å². The van der Waals surface area contributed by atoms with Crippen LogP contribution in [0.3, 0.4) is 0 Å². The summed E-state index contributed by atoms with van der Waals surface area (Å²) in [6, 6.07) is 8.44. The third-order valence-corrected chi connectivity index (χ3v) is 8.73. The largest absolute Gasteiger partial charge is 0.344 e. The fourth-order valence-electron chi connectivity index (χ4n) is 6.92. The second-order valence-corrected chi connectivity index (χ2v) is 10.8. The molecule has 0 spiro atoms. The van der Waals surface area contributed by atoms with Gasteiger partial charge in [-0.1, -0.05) is 83.1 Å². The lowest BCUT2D eigenvalue weighted by Gasteiger charge is -2.19. The molecule has 3 aliphatic rings. The van der Waals surface area contributed by atoms with Crippen molar-refractivity contribution in [3.8, 4) is 0 Å². The number of hydrogen-bond donors (Lipinski definition) is 0. The van der Waals surface area contributed by atoms with E-state index >= 15 is 0 Å². The van der Waals surface area contributed by atoms with Crippen molar-refractivity contribution in [3.63, 3.8) is 0 Å². The van der Waals surface area contributed by atoms with Crippen LogP contribution in [0.2, 0.25) is 0 Å². The Morgan fingerprint density at radius 2 is 1.10 bits per heavy atom. The van der Waals surface area contributed by atoms with Gasteiger partial charge < -0.3 is 4.57 Å². The number of nitrogens with zero attached hydrogens (tertiary/aromatic N) is 1. The van der Waals surface area contributed by atoms with E-state index in [2.05, 4.69) is 29.0 Å². The Kier molecular flexibility index (Phi) is 6.83. The van der Waals surface area contributed by atoms with Gasteiger partial charge in [0.1, 0.15) is 0 Å². The minimum atomic E-state index is 0.734. The van der Waals surface area contributed by atoms with Gasteiger partial charge in [0, 0.05) is 23.1 Å². The van der Waals surface area contributed by atoms with Crippen LogP contribution in [0, 0.1) is 0 Å². The SMILES string of the molecule is c1cc2c(cc1C1CCCCCC1)c(C1CCCCCC1)cn2C1CCCCCC1. The summed E-state index contributed by atoms with van der Waals surface area (Å²) in [6.45, 7) is 0. The summed E-state index contributed by atoms with van der Waals surface area (Å²) >= 11 is 0. The first-order valence-electron chi connectivity index (χ1n) is 13.5. The van der Waals surface area contributed by atoms with Gasteiger partial charge in [-0.05, 0) is 73.6 Å². The first kappa shape index (κ1) is 20.7.